The molecule has 0 fully saturated rings. The summed E-state index contributed by atoms with van der Waals surface area (Å²) in [5, 5.41) is 24.9. The van der Waals surface area contributed by atoms with Crippen LogP contribution in [0.25, 0.3) is 0 Å². The van der Waals surface area contributed by atoms with E-state index < -0.39 is 45.6 Å². The van der Waals surface area contributed by atoms with Crippen molar-refractivity contribution in [2.45, 2.75) is 77.1 Å². The van der Waals surface area contributed by atoms with Gasteiger partial charge in [-0.05, 0) is 47.4 Å². The molecule has 0 bridgehead atoms. The van der Waals surface area contributed by atoms with Gasteiger partial charge in [0.25, 0.3) is 0 Å². The maximum absolute atomic E-state index is 14.1. The molecule has 0 saturated heterocycles. The first-order valence-corrected chi connectivity index (χ1v) is 16.7. The Kier molecular flexibility index (Phi) is 12.7. The molecule has 0 aliphatic heterocycles. The number of carbonyl (C=O) groups is 2. The SMILES string of the molecule is CC(C)CCN(C[C@@H](O)C(Cc1ccccc1)NC(=O)[C@@H](N(Cc1ccccc1)C(=O)O)C(C)(C)C)S(=O)(=O)c1ccccc1. The molecule has 3 aromatic carbocycles. The molecule has 10 heteroatoms. The van der Waals surface area contributed by atoms with Gasteiger partial charge in [0.05, 0.1) is 17.0 Å². The first-order chi connectivity index (χ1) is 21.2. The van der Waals surface area contributed by atoms with Gasteiger partial charge >= 0.3 is 6.09 Å². The normalized spacial score (nSPS) is 14.1. The minimum atomic E-state index is -3.95. The third kappa shape index (κ3) is 10.4. The van der Waals surface area contributed by atoms with E-state index in [1.54, 1.807) is 51.1 Å². The van der Waals surface area contributed by atoms with E-state index in [9.17, 15) is 28.2 Å². The Labute approximate surface area is 267 Å². The predicted octanol–water partition coefficient (Wildman–Crippen LogP) is 5.41. The number of sulfonamides is 1. The molecule has 1 unspecified atom stereocenters. The Balaban J connectivity index is 1.96. The lowest BCUT2D eigenvalue weighted by Gasteiger charge is -2.39. The molecular formula is C35H47N3O6S. The van der Waals surface area contributed by atoms with Crippen molar-refractivity contribution >= 4 is 22.0 Å². The van der Waals surface area contributed by atoms with Crippen molar-refractivity contribution in [2.24, 2.45) is 11.3 Å². The summed E-state index contributed by atoms with van der Waals surface area (Å²) < 4.78 is 28.7. The second-order valence-corrected chi connectivity index (χ2v) is 14.8. The van der Waals surface area contributed by atoms with Crippen LogP contribution in [0.1, 0.15) is 52.2 Å². The minimum absolute atomic E-state index is 0.00423. The highest BCUT2D eigenvalue weighted by atomic mass is 32.2. The summed E-state index contributed by atoms with van der Waals surface area (Å²) in [6.45, 7) is 9.30. The zero-order valence-corrected chi connectivity index (χ0v) is 27.7. The smallest absolute Gasteiger partial charge is 0.408 e. The number of aliphatic hydroxyl groups is 1. The average Bonchev–Trinajstić information content (AvgIpc) is 2.99. The number of carbonyl (C=O) groups excluding carboxylic acids is 1. The summed E-state index contributed by atoms with van der Waals surface area (Å²) >= 11 is 0. The Morgan fingerprint density at radius 2 is 1.36 bits per heavy atom. The van der Waals surface area contributed by atoms with Gasteiger partial charge in [0.2, 0.25) is 15.9 Å². The number of hydrogen-bond donors (Lipinski definition) is 3. The molecule has 0 spiro atoms. The van der Waals surface area contributed by atoms with E-state index in [0.29, 0.717) is 6.42 Å². The van der Waals surface area contributed by atoms with Crippen LogP contribution in [0.2, 0.25) is 0 Å². The number of nitrogens with zero attached hydrogens (tertiary/aromatic N) is 2. The first-order valence-electron chi connectivity index (χ1n) is 15.3. The molecular weight excluding hydrogens is 590 g/mol. The van der Waals surface area contributed by atoms with E-state index in [1.807, 2.05) is 62.4 Å². The van der Waals surface area contributed by atoms with Crippen LogP contribution in [-0.2, 0) is 27.8 Å². The quantitative estimate of drug-likeness (QED) is 0.205. The van der Waals surface area contributed by atoms with Gasteiger partial charge in [0.1, 0.15) is 6.04 Å². The number of aliphatic hydroxyl groups excluding tert-OH is 1. The van der Waals surface area contributed by atoms with Crippen molar-refractivity contribution in [1.29, 1.82) is 0 Å². The topological polar surface area (TPSA) is 127 Å². The fourth-order valence-corrected chi connectivity index (χ4v) is 6.75. The minimum Gasteiger partial charge on any atom is -0.465 e. The Morgan fingerprint density at radius 3 is 1.84 bits per heavy atom. The third-order valence-electron chi connectivity index (χ3n) is 7.64. The van der Waals surface area contributed by atoms with Crippen molar-refractivity contribution in [3.05, 3.63) is 102 Å². The van der Waals surface area contributed by atoms with Crippen molar-refractivity contribution in [2.75, 3.05) is 13.1 Å². The van der Waals surface area contributed by atoms with E-state index >= 15 is 0 Å². The number of nitrogens with one attached hydrogen (secondary N) is 1. The summed E-state index contributed by atoms with van der Waals surface area (Å²) in [7, 11) is -3.95. The highest BCUT2D eigenvalue weighted by Crippen LogP contribution is 2.27. The van der Waals surface area contributed by atoms with Gasteiger partial charge in [-0.2, -0.15) is 4.31 Å². The summed E-state index contributed by atoms with van der Waals surface area (Å²) in [5.41, 5.74) is 0.752. The van der Waals surface area contributed by atoms with Gasteiger partial charge in [-0.25, -0.2) is 13.2 Å². The molecule has 3 N–H and O–H groups in total. The van der Waals surface area contributed by atoms with E-state index in [-0.39, 0.29) is 36.9 Å². The molecule has 2 amide bonds. The number of amides is 2. The summed E-state index contributed by atoms with van der Waals surface area (Å²) in [6, 6.07) is 24.4. The molecule has 0 aliphatic rings. The van der Waals surface area contributed by atoms with Gasteiger partial charge in [0, 0.05) is 19.6 Å². The number of hydrogen-bond acceptors (Lipinski definition) is 5. The second-order valence-electron chi connectivity index (χ2n) is 12.9. The molecule has 0 radical (unpaired) electrons. The lowest BCUT2D eigenvalue weighted by molar-refractivity contribution is -0.131. The Morgan fingerprint density at radius 1 is 0.844 bits per heavy atom. The van der Waals surface area contributed by atoms with Crippen molar-refractivity contribution in [1.82, 2.24) is 14.5 Å². The maximum atomic E-state index is 14.1. The standard InChI is InChI=1S/C35H47N3O6S/c1-26(2)21-22-37(45(43,44)29-19-13-8-14-20-29)25-31(39)30(23-27-15-9-6-10-16-27)36-33(40)32(35(3,4)5)38(34(41)42)24-28-17-11-7-12-18-28/h6-20,26,30-32,39H,21-25H2,1-5H3,(H,36,40)(H,41,42)/t30?,31-,32-/m1/s1. The molecule has 0 aromatic heterocycles. The summed E-state index contributed by atoms with van der Waals surface area (Å²) in [4.78, 5) is 27.9. The number of rotatable bonds is 15. The van der Waals surface area contributed by atoms with Crippen molar-refractivity contribution < 1.29 is 28.2 Å². The van der Waals surface area contributed by atoms with Crippen LogP contribution in [0.4, 0.5) is 4.79 Å². The summed E-state index contributed by atoms with van der Waals surface area (Å²) in [5.74, 6) is -0.352. The molecule has 9 nitrogen and oxygen atoms in total. The Hall–Kier alpha value is -3.73. The average molecular weight is 638 g/mol. The molecule has 45 heavy (non-hydrogen) atoms. The molecule has 0 aliphatic carbocycles. The third-order valence-corrected chi connectivity index (χ3v) is 9.52. The van der Waals surface area contributed by atoms with E-state index in [2.05, 4.69) is 5.32 Å². The highest BCUT2D eigenvalue weighted by Gasteiger charge is 2.41. The van der Waals surface area contributed by atoms with Gasteiger partial charge in [-0.1, -0.05) is 113 Å². The van der Waals surface area contributed by atoms with Crippen LogP contribution >= 0.6 is 0 Å². The number of carboxylic acid groups (broad SMARTS) is 1. The van der Waals surface area contributed by atoms with Crippen LogP contribution in [0.5, 0.6) is 0 Å². The largest absolute Gasteiger partial charge is 0.465 e. The van der Waals surface area contributed by atoms with E-state index in [4.69, 9.17) is 0 Å². The van der Waals surface area contributed by atoms with E-state index in [0.717, 1.165) is 16.0 Å². The highest BCUT2D eigenvalue weighted by molar-refractivity contribution is 7.89. The maximum Gasteiger partial charge on any atom is 0.408 e. The lowest BCUT2D eigenvalue weighted by atomic mass is 9.84. The van der Waals surface area contributed by atoms with E-state index in [1.165, 1.54) is 16.4 Å². The van der Waals surface area contributed by atoms with Crippen molar-refractivity contribution in [3.8, 4) is 0 Å². The van der Waals surface area contributed by atoms with Crippen LogP contribution in [0.15, 0.2) is 95.9 Å². The first kappa shape index (κ1) is 35.7. The van der Waals surface area contributed by atoms with Crippen LogP contribution in [-0.4, -0.2) is 71.1 Å². The predicted molar refractivity (Wildman–Crippen MR) is 176 cm³/mol. The van der Waals surface area contributed by atoms with Gasteiger partial charge < -0.3 is 15.5 Å². The molecule has 3 aromatic rings. The fourth-order valence-electron chi connectivity index (χ4n) is 5.25. The molecule has 244 valence electrons. The molecule has 3 rings (SSSR count). The van der Waals surface area contributed by atoms with Crippen LogP contribution in [0.3, 0.4) is 0 Å². The van der Waals surface area contributed by atoms with Crippen LogP contribution in [0, 0.1) is 11.3 Å². The van der Waals surface area contributed by atoms with Gasteiger partial charge in [0.15, 0.2) is 0 Å². The second kappa shape index (κ2) is 16.0. The van der Waals surface area contributed by atoms with Crippen LogP contribution < -0.4 is 5.32 Å². The molecule has 3 atom stereocenters. The molecule has 0 saturated carbocycles. The van der Waals surface area contributed by atoms with Gasteiger partial charge in [-0.15, -0.1) is 0 Å². The van der Waals surface area contributed by atoms with Crippen molar-refractivity contribution in [3.63, 3.8) is 0 Å². The summed E-state index contributed by atoms with van der Waals surface area (Å²) in [6.07, 6.45) is -1.76. The number of benzene rings is 3. The fraction of sp³-hybridized carbons (Fsp3) is 0.429. The monoisotopic (exact) mass is 637 g/mol. The zero-order valence-electron chi connectivity index (χ0n) is 26.8. The van der Waals surface area contributed by atoms with Gasteiger partial charge in [-0.3, -0.25) is 9.69 Å². The lowest BCUT2D eigenvalue weighted by Crippen LogP contribution is -2.59. The zero-order chi connectivity index (χ0) is 33.2. The molecule has 0 heterocycles. The Bertz CT molecular complexity index is 1460.